The monoisotopic (exact) mass is 492 g/mol. The first-order chi connectivity index (χ1) is 15.8. The lowest BCUT2D eigenvalue weighted by Gasteiger charge is -2.44. The average molecular weight is 492 g/mol. The van der Waals surface area contributed by atoms with Crippen molar-refractivity contribution in [2.24, 2.45) is 0 Å². The molecule has 1 heterocycles. The van der Waals surface area contributed by atoms with Crippen LogP contribution in [0.5, 0.6) is 5.75 Å². The normalized spacial score (nSPS) is 24.5. The van der Waals surface area contributed by atoms with E-state index < -0.39 is 78.7 Å². The van der Waals surface area contributed by atoms with Gasteiger partial charge in [-0.05, 0) is 12.1 Å². The lowest BCUT2D eigenvalue weighted by Crippen LogP contribution is -2.63. The van der Waals surface area contributed by atoms with Crippen molar-refractivity contribution in [3.63, 3.8) is 0 Å². The number of benzene rings is 1. The summed E-state index contributed by atoms with van der Waals surface area (Å²) < 4.78 is 71.9. The van der Waals surface area contributed by atoms with E-state index in [1.165, 1.54) is 6.07 Å². The van der Waals surface area contributed by atoms with Gasteiger partial charge in [0.1, 0.15) is 18.5 Å². The number of ether oxygens (including phenoxy) is 6. The van der Waals surface area contributed by atoms with Crippen molar-refractivity contribution in [3.8, 4) is 5.75 Å². The molecular weight excluding hydrogens is 469 g/mol. The Hall–Kier alpha value is -3.35. The summed E-state index contributed by atoms with van der Waals surface area (Å²) in [4.78, 5) is 46.5. The van der Waals surface area contributed by atoms with Gasteiger partial charge >= 0.3 is 30.1 Å². The second-order valence-corrected chi connectivity index (χ2v) is 7.18. The van der Waals surface area contributed by atoms with Gasteiger partial charge in [-0.15, -0.1) is 0 Å². The van der Waals surface area contributed by atoms with Crippen LogP contribution in [0.15, 0.2) is 24.3 Å². The number of halogens is 3. The second kappa shape index (κ2) is 11.2. The number of carbonyl (C=O) groups excluding carboxylic acids is 4. The maximum absolute atomic E-state index is 13.5. The molecule has 10 nitrogen and oxygen atoms in total. The molecule has 0 saturated carbocycles. The van der Waals surface area contributed by atoms with Crippen LogP contribution >= 0.6 is 0 Å². The Morgan fingerprint density at radius 2 is 1.35 bits per heavy atom. The molecule has 0 aliphatic carbocycles. The molecule has 1 fully saturated rings. The van der Waals surface area contributed by atoms with Crippen LogP contribution in [0, 0.1) is 0 Å². The number of esters is 4. The minimum Gasteiger partial charge on any atom is -0.463 e. The summed E-state index contributed by atoms with van der Waals surface area (Å²) in [7, 11) is 0. The predicted molar refractivity (Wildman–Crippen MR) is 104 cm³/mol. The molecular formula is C21H23F3O10. The maximum Gasteiger partial charge on any atom is 0.419 e. The van der Waals surface area contributed by atoms with Crippen molar-refractivity contribution < 1.29 is 60.8 Å². The average Bonchev–Trinajstić information content (AvgIpc) is 2.69. The number of hydrogen-bond donors (Lipinski definition) is 0. The Bertz CT molecular complexity index is 916. The van der Waals surface area contributed by atoms with Crippen molar-refractivity contribution >= 4 is 23.9 Å². The first-order valence-electron chi connectivity index (χ1n) is 9.93. The van der Waals surface area contributed by atoms with Crippen molar-refractivity contribution in [3.05, 3.63) is 29.8 Å². The second-order valence-electron chi connectivity index (χ2n) is 7.18. The number of hydrogen-bond acceptors (Lipinski definition) is 10. The molecule has 0 unspecified atom stereocenters. The molecule has 1 aromatic carbocycles. The van der Waals surface area contributed by atoms with Gasteiger partial charge in [0, 0.05) is 27.7 Å². The van der Waals surface area contributed by atoms with Crippen molar-refractivity contribution in [1.29, 1.82) is 0 Å². The van der Waals surface area contributed by atoms with Gasteiger partial charge < -0.3 is 28.4 Å². The minimum absolute atomic E-state index is 0.543. The number of alkyl halides is 3. The largest absolute Gasteiger partial charge is 0.463 e. The Morgan fingerprint density at radius 1 is 0.824 bits per heavy atom. The Kier molecular flexibility index (Phi) is 8.85. The summed E-state index contributed by atoms with van der Waals surface area (Å²) in [5.74, 6) is -4.06. The third-order valence-electron chi connectivity index (χ3n) is 4.38. The zero-order valence-corrected chi connectivity index (χ0v) is 18.6. The number of carbonyl (C=O) groups is 4. The topological polar surface area (TPSA) is 124 Å². The molecule has 0 amide bonds. The summed E-state index contributed by atoms with van der Waals surface area (Å²) in [6.45, 7) is 3.59. The van der Waals surface area contributed by atoms with Gasteiger partial charge in [-0.25, -0.2) is 0 Å². The van der Waals surface area contributed by atoms with E-state index in [1.54, 1.807) is 0 Å². The molecule has 1 aromatic rings. The first kappa shape index (κ1) is 26.9. The highest BCUT2D eigenvalue weighted by Gasteiger charge is 2.53. The molecule has 0 spiro atoms. The third-order valence-corrected chi connectivity index (χ3v) is 4.38. The molecule has 1 saturated heterocycles. The summed E-state index contributed by atoms with van der Waals surface area (Å²) in [6.07, 6.45) is -12.6. The standard InChI is InChI=1S/C21H23F3O10/c1-10(25)29-9-16-17(30-11(2)26)18(31-12(3)27)19(32-13(4)28)20(34-16)33-15-8-6-5-7-14(15)21(22,23)24/h5-8,16-20H,9H2,1-4H3/t16-,17-,18+,19-,20+/m1/s1. The van der Waals surface area contributed by atoms with E-state index in [2.05, 4.69) is 0 Å². The van der Waals surface area contributed by atoms with Gasteiger partial charge in [-0.3, -0.25) is 19.2 Å². The SMILES string of the molecule is CC(=O)OC[C@H]1O[C@H](Oc2ccccc2C(F)(F)F)[C@H](OC(C)=O)[C@@H](OC(C)=O)[C@@H]1OC(C)=O. The van der Waals surface area contributed by atoms with E-state index in [9.17, 15) is 32.3 Å². The molecule has 0 radical (unpaired) electrons. The van der Waals surface area contributed by atoms with E-state index in [4.69, 9.17) is 28.4 Å². The lowest BCUT2D eigenvalue weighted by atomic mass is 9.98. The zero-order valence-electron chi connectivity index (χ0n) is 18.6. The lowest BCUT2D eigenvalue weighted by molar-refractivity contribution is -0.289. The highest BCUT2D eigenvalue weighted by Crippen LogP contribution is 2.38. The van der Waals surface area contributed by atoms with Crippen LogP contribution in [0.3, 0.4) is 0 Å². The van der Waals surface area contributed by atoms with Gasteiger partial charge in [-0.2, -0.15) is 13.2 Å². The van der Waals surface area contributed by atoms with Gasteiger partial charge in [0.05, 0.1) is 5.56 Å². The van der Waals surface area contributed by atoms with E-state index in [1.807, 2.05) is 0 Å². The van der Waals surface area contributed by atoms with Crippen molar-refractivity contribution in [1.82, 2.24) is 0 Å². The molecule has 188 valence electrons. The third kappa shape index (κ3) is 7.33. The molecule has 34 heavy (non-hydrogen) atoms. The molecule has 0 aromatic heterocycles. The first-order valence-corrected chi connectivity index (χ1v) is 9.93. The summed E-state index contributed by atoms with van der Waals surface area (Å²) in [6, 6.07) is 4.19. The van der Waals surface area contributed by atoms with E-state index in [0.717, 1.165) is 45.9 Å². The maximum atomic E-state index is 13.5. The fourth-order valence-corrected chi connectivity index (χ4v) is 3.21. The molecule has 1 aliphatic rings. The number of rotatable bonds is 7. The predicted octanol–water partition coefficient (Wildman–Crippen LogP) is 2.17. The van der Waals surface area contributed by atoms with E-state index >= 15 is 0 Å². The highest BCUT2D eigenvalue weighted by atomic mass is 19.4. The Balaban J connectivity index is 2.53. The fraction of sp³-hybridized carbons (Fsp3) is 0.524. The van der Waals surface area contributed by atoms with Crippen LogP contribution in [0.4, 0.5) is 13.2 Å². The van der Waals surface area contributed by atoms with Crippen LogP contribution in [0.2, 0.25) is 0 Å². The van der Waals surface area contributed by atoms with Crippen LogP contribution in [-0.2, 0) is 49.0 Å². The summed E-state index contributed by atoms with van der Waals surface area (Å²) in [5, 5.41) is 0. The highest BCUT2D eigenvalue weighted by molar-refractivity contribution is 5.68. The van der Waals surface area contributed by atoms with Crippen LogP contribution in [0.25, 0.3) is 0 Å². The molecule has 0 bridgehead atoms. The van der Waals surface area contributed by atoms with E-state index in [-0.39, 0.29) is 0 Å². The molecule has 1 aliphatic heterocycles. The molecule has 0 N–H and O–H groups in total. The van der Waals surface area contributed by atoms with Crippen molar-refractivity contribution in [2.45, 2.75) is 64.6 Å². The smallest absolute Gasteiger partial charge is 0.419 e. The van der Waals surface area contributed by atoms with Gasteiger partial charge in [0.15, 0.2) is 12.2 Å². The van der Waals surface area contributed by atoms with Gasteiger partial charge in [0.2, 0.25) is 12.4 Å². The Morgan fingerprint density at radius 3 is 1.88 bits per heavy atom. The fourth-order valence-electron chi connectivity index (χ4n) is 3.21. The van der Waals surface area contributed by atoms with E-state index in [0.29, 0.717) is 0 Å². The zero-order chi connectivity index (χ0) is 25.6. The molecule has 13 heteroatoms. The van der Waals surface area contributed by atoms with Crippen LogP contribution in [0.1, 0.15) is 33.3 Å². The quantitative estimate of drug-likeness (QED) is 0.413. The Labute approximate surface area is 192 Å². The summed E-state index contributed by atoms with van der Waals surface area (Å²) >= 11 is 0. The molecule has 5 atom stereocenters. The molecule has 2 rings (SSSR count). The van der Waals surface area contributed by atoms with Gasteiger partial charge in [0.25, 0.3) is 0 Å². The number of para-hydroxylation sites is 1. The van der Waals surface area contributed by atoms with Crippen LogP contribution in [-0.4, -0.2) is 61.2 Å². The van der Waals surface area contributed by atoms with Crippen LogP contribution < -0.4 is 4.74 Å². The summed E-state index contributed by atoms with van der Waals surface area (Å²) in [5.41, 5.74) is -1.15. The van der Waals surface area contributed by atoms with Gasteiger partial charge in [-0.1, -0.05) is 12.1 Å². The van der Waals surface area contributed by atoms with Crippen molar-refractivity contribution in [2.75, 3.05) is 6.61 Å². The minimum atomic E-state index is -4.80.